The fourth-order valence-electron chi connectivity index (χ4n) is 5.19. The fourth-order valence-corrected chi connectivity index (χ4v) is 15.6. The summed E-state index contributed by atoms with van der Waals surface area (Å²) >= 11 is 0. The standard InChI is InChI=1S/4C8H20N2Si.2Zr/c4*1-7(2)9-11(5,6)10-8(3)4;;/h4*7-8H,1-6H3;;/q4*-2;2*+4. The van der Waals surface area contributed by atoms with E-state index in [1.165, 1.54) is 0 Å². The van der Waals surface area contributed by atoms with Crippen LogP contribution >= 0.6 is 0 Å². The number of rotatable bonds is 16. The SMILES string of the molecule is CC(C)[N-][Si](C)(C)[N-]C(C)C.CC(C)[N-][Si](C)(C)[N-]C(C)C.CC(C)[N-][Si](C)(C)[N-]C(C)C.CC(C)[N-][Si](C)(C)[N-]C(C)C.[Zr+4].[Zr+4]. The smallest absolute Gasteiger partial charge is 0.678 e. The first-order chi connectivity index (χ1) is 19.3. The summed E-state index contributed by atoms with van der Waals surface area (Å²) in [6.07, 6.45) is 0. The molecule has 0 radical (unpaired) electrons. The van der Waals surface area contributed by atoms with E-state index in [4.69, 9.17) is 0 Å². The molecular formula is C32H80N8Si4Zr2. The van der Waals surface area contributed by atoms with Gasteiger partial charge in [-0.3, -0.25) is 0 Å². The first kappa shape index (κ1) is 60.4. The van der Waals surface area contributed by atoms with Gasteiger partial charge in [0, 0.05) is 0 Å². The summed E-state index contributed by atoms with van der Waals surface area (Å²) in [7, 11) is -6.32. The van der Waals surface area contributed by atoms with Gasteiger partial charge in [0.25, 0.3) is 0 Å². The molecule has 0 spiro atoms. The molecule has 0 amide bonds. The van der Waals surface area contributed by atoms with Crippen LogP contribution in [-0.4, -0.2) is 81.9 Å². The van der Waals surface area contributed by atoms with Crippen molar-refractivity contribution in [2.75, 3.05) is 0 Å². The Bertz CT molecular complexity index is 519. The van der Waals surface area contributed by atoms with Gasteiger partial charge in [-0.15, -0.1) is 101 Å². The molecule has 0 fully saturated rings. The average molecular weight is 872 g/mol. The zero-order valence-electron chi connectivity index (χ0n) is 35.2. The molecule has 0 aliphatic rings. The molecule has 0 bridgehead atoms. The largest absolute Gasteiger partial charge is 4.00 e. The summed E-state index contributed by atoms with van der Waals surface area (Å²) in [5.41, 5.74) is 0. The molecule has 46 heavy (non-hydrogen) atoms. The van der Waals surface area contributed by atoms with Crippen molar-refractivity contribution in [3.05, 3.63) is 39.9 Å². The molecule has 0 saturated carbocycles. The van der Waals surface area contributed by atoms with Crippen LogP contribution in [0.3, 0.4) is 0 Å². The van der Waals surface area contributed by atoms with Gasteiger partial charge < -0.3 is 39.9 Å². The van der Waals surface area contributed by atoms with Crippen molar-refractivity contribution in [1.82, 2.24) is 0 Å². The molecule has 0 aromatic rings. The van der Waals surface area contributed by atoms with Gasteiger partial charge >= 0.3 is 52.4 Å². The topological polar surface area (TPSA) is 113 Å². The Balaban J connectivity index is -0.000000114. The van der Waals surface area contributed by atoms with Crippen LogP contribution in [0, 0.1) is 0 Å². The first-order valence-electron chi connectivity index (χ1n) is 17.1. The van der Waals surface area contributed by atoms with Gasteiger partial charge in [-0.2, -0.15) is 33.6 Å². The normalized spacial score (nSPS) is 12.5. The van der Waals surface area contributed by atoms with Crippen molar-refractivity contribution in [2.24, 2.45) is 0 Å². The third-order valence-corrected chi connectivity index (χ3v) is 13.8. The molecule has 0 aromatic heterocycles. The van der Waals surface area contributed by atoms with Crippen LogP contribution in [0.1, 0.15) is 111 Å². The van der Waals surface area contributed by atoms with E-state index in [-0.39, 0.29) is 52.4 Å². The quantitative estimate of drug-likeness (QED) is 0.138. The predicted molar refractivity (Wildman–Crippen MR) is 218 cm³/mol. The minimum Gasteiger partial charge on any atom is -0.678 e. The summed E-state index contributed by atoms with van der Waals surface area (Å²) < 4.78 is 0. The van der Waals surface area contributed by atoms with Crippen LogP contribution in [-0.2, 0) is 52.4 Å². The molecule has 0 aliphatic carbocycles. The molecule has 0 rings (SSSR count). The Morgan fingerprint density at radius 3 is 0.326 bits per heavy atom. The second-order valence-corrected chi connectivity index (χ2v) is 29.8. The van der Waals surface area contributed by atoms with Gasteiger partial charge in [0.1, 0.15) is 0 Å². The van der Waals surface area contributed by atoms with Gasteiger partial charge in [-0.1, -0.05) is 111 Å². The fraction of sp³-hybridized carbons (Fsp3) is 1.00. The Morgan fingerprint density at radius 1 is 0.217 bits per heavy atom. The molecule has 14 heteroatoms. The van der Waals surface area contributed by atoms with E-state index in [0.717, 1.165) is 0 Å². The maximum Gasteiger partial charge on any atom is 4.00 e. The number of nitrogens with zero attached hydrogens (tertiary/aromatic N) is 8. The molecule has 0 heterocycles. The Morgan fingerprint density at radius 2 is 0.283 bits per heavy atom. The summed E-state index contributed by atoms with van der Waals surface area (Å²) in [5, 5.41) is 0. The third-order valence-electron chi connectivity index (χ3n) is 4.59. The summed E-state index contributed by atoms with van der Waals surface area (Å²) in [4.78, 5) is 37.0. The third kappa shape index (κ3) is 53.1. The van der Waals surface area contributed by atoms with Crippen LogP contribution in [0.5, 0.6) is 0 Å². The minimum absolute atomic E-state index is 0. The summed E-state index contributed by atoms with van der Waals surface area (Å²) in [5.74, 6) is 0. The molecule has 0 aromatic carbocycles. The molecule has 272 valence electrons. The minimum atomic E-state index is -1.58. The molecule has 0 unspecified atom stereocenters. The first-order valence-corrected chi connectivity index (χ1v) is 28.7. The molecule has 0 aliphatic heterocycles. The average Bonchev–Trinajstić information content (AvgIpc) is 2.59. The number of hydrogen-bond acceptors (Lipinski definition) is 0. The Labute approximate surface area is 334 Å². The van der Waals surface area contributed by atoms with E-state index >= 15 is 0 Å². The van der Waals surface area contributed by atoms with E-state index in [9.17, 15) is 0 Å². The van der Waals surface area contributed by atoms with Crippen molar-refractivity contribution in [1.29, 1.82) is 0 Å². The van der Waals surface area contributed by atoms with E-state index in [1.54, 1.807) is 0 Å². The van der Waals surface area contributed by atoms with Gasteiger partial charge in [-0.05, 0) is 0 Å². The van der Waals surface area contributed by atoms with Crippen LogP contribution < -0.4 is 0 Å². The van der Waals surface area contributed by atoms with Crippen LogP contribution in [0.25, 0.3) is 39.9 Å². The summed E-state index contributed by atoms with van der Waals surface area (Å²) in [6.45, 7) is 51.4. The van der Waals surface area contributed by atoms with Crippen molar-refractivity contribution in [3.8, 4) is 0 Å². The van der Waals surface area contributed by atoms with Crippen LogP contribution in [0.15, 0.2) is 0 Å². The van der Waals surface area contributed by atoms with E-state index in [2.05, 4.69) is 203 Å². The van der Waals surface area contributed by atoms with E-state index in [1.807, 2.05) is 0 Å². The van der Waals surface area contributed by atoms with E-state index in [0.29, 0.717) is 48.3 Å². The van der Waals surface area contributed by atoms with Crippen molar-refractivity contribution >= 4 is 33.6 Å². The zero-order chi connectivity index (χ0) is 36.3. The maximum absolute atomic E-state index is 4.62. The Kier molecular flexibility index (Phi) is 39.2. The van der Waals surface area contributed by atoms with Crippen molar-refractivity contribution in [3.63, 3.8) is 0 Å². The second kappa shape index (κ2) is 29.8. The van der Waals surface area contributed by atoms with Gasteiger partial charge in [0.05, 0.1) is 0 Å². The molecular weight excluding hydrogens is 791 g/mol. The predicted octanol–water partition coefficient (Wildman–Crippen LogP) is 13.0. The van der Waals surface area contributed by atoms with Crippen LogP contribution in [0.4, 0.5) is 0 Å². The molecule has 0 saturated heterocycles. The summed E-state index contributed by atoms with van der Waals surface area (Å²) in [6, 6.07) is 3.44. The number of hydrogen-bond donors (Lipinski definition) is 0. The van der Waals surface area contributed by atoms with Crippen molar-refractivity contribution < 1.29 is 52.4 Å². The van der Waals surface area contributed by atoms with Gasteiger partial charge in [0.15, 0.2) is 0 Å². The Hall–Kier alpha value is 2.31. The second-order valence-electron chi connectivity index (χ2n) is 15.8. The molecule has 0 N–H and O–H groups in total. The maximum atomic E-state index is 4.62. The van der Waals surface area contributed by atoms with Gasteiger partial charge in [0.2, 0.25) is 0 Å². The molecule has 8 nitrogen and oxygen atoms in total. The zero-order valence-corrected chi connectivity index (χ0v) is 44.1. The van der Waals surface area contributed by atoms with Gasteiger partial charge in [-0.25, -0.2) is 0 Å². The van der Waals surface area contributed by atoms with E-state index < -0.39 is 33.6 Å². The molecule has 0 atom stereocenters. The van der Waals surface area contributed by atoms with Crippen molar-refractivity contribution in [2.45, 2.75) is 211 Å². The van der Waals surface area contributed by atoms with Crippen LogP contribution in [0.2, 0.25) is 52.4 Å². The monoisotopic (exact) mass is 868 g/mol.